The third-order valence-electron chi connectivity index (χ3n) is 3.12. The molecule has 2 rings (SSSR count). The zero-order valence-electron chi connectivity index (χ0n) is 9.90. The molecule has 1 heterocycles. The lowest BCUT2D eigenvalue weighted by molar-refractivity contribution is 0.333. The standard InChI is InChI=1S/C11H19N3OS/c1-3-16-7-10-13-11(15-14-10)8-5-4-6-9(8)12-2/h8-9,12H,3-7H2,1-2H3. The van der Waals surface area contributed by atoms with E-state index in [1.807, 2.05) is 18.8 Å². The predicted molar refractivity (Wildman–Crippen MR) is 65.6 cm³/mol. The summed E-state index contributed by atoms with van der Waals surface area (Å²) in [6, 6.07) is 0.507. The van der Waals surface area contributed by atoms with E-state index < -0.39 is 0 Å². The molecular weight excluding hydrogens is 222 g/mol. The quantitative estimate of drug-likeness (QED) is 0.856. The lowest BCUT2D eigenvalue weighted by atomic mass is 10.0. The summed E-state index contributed by atoms with van der Waals surface area (Å²) in [6.07, 6.45) is 3.62. The first kappa shape index (κ1) is 11.9. The number of nitrogens with one attached hydrogen (secondary N) is 1. The molecule has 0 spiro atoms. The molecule has 0 radical (unpaired) electrons. The number of hydrogen-bond acceptors (Lipinski definition) is 5. The highest BCUT2D eigenvalue weighted by atomic mass is 32.2. The van der Waals surface area contributed by atoms with Gasteiger partial charge in [0.25, 0.3) is 0 Å². The summed E-state index contributed by atoms with van der Waals surface area (Å²) in [7, 11) is 2.01. The normalized spacial score (nSPS) is 25.1. The van der Waals surface area contributed by atoms with Gasteiger partial charge < -0.3 is 9.84 Å². The summed E-state index contributed by atoms with van der Waals surface area (Å²) in [5.41, 5.74) is 0. The van der Waals surface area contributed by atoms with Crippen LogP contribution in [0.15, 0.2) is 4.52 Å². The van der Waals surface area contributed by atoms with E-state index in [2.05, 4.69) is 22.4 Å². The number of rotatable bonds is 5. The molecule has 0 bridgehead atoms. The third kappa shape index (κ3) is 2.58. The molecule has 0 amide bonds. The molecule has 2 unspecified atom stereocenters. The number of likely N-dealkylation sites (N-methyl/N-ethyl adjacent to an activating group) is 1. The Morgan fingerprint density at radius 2 is 2.38 bits per heavy atom. The lowest BCUT2D eigenvalue weighted by Gasteiger charge is -2.14. The molecule has 0 aliphatic heterocycles. The van der Waals surface area contributed by atoms with Crippen molar-refractivity contribution >= 4 is 11.8 Å². The Hall–Kier alpha value is -0.550. The fraction of sp³-hybridized carbons (Fsp3) is 0.818. The van der Waals surface area contributed by atoms with Crippen molar-refractivity contribution in [1.29, 1.82) is 0 Å². The van der Waals surface area contributed by atoms with E-state index in [9.17, 15) is 0 Å². The Morgan fingerprint density at radius 1 is 1.50 bits per heavy atom. The number of hydrogen-bond donors (Lipinski definition) is 1. The van der Waals surface area contributed by atoms with Crippen LogP contribution in [0.3, 0.4) is 0 Å². The number of nitrogens with zero attached hydrogens (tertiary/aromatic N) is 2. The molecule has 5 heteroatoms. The van der Waals surface area contributed by atoms with Gasteiger partial charge in [-0.2, -0.15) is 16.7 Å². The van der Waals surface area contributed by atoms with Crippen LogP contribution >= 0.6 is 11.8 Å². The van der Waals surface area contributed by atoms with Crippen molar-refractivity contribution in [2.75, 3.05) is 12.8 Å². The van der Waals surface area contributed by atoms with Crippen molar-refractivity contribution in [3.05, 3.63) is 11.7 Å². The zero-order valence-corrected chi connectivity index (χ0v) is 10.7. The van der Waals surface area contributed by atoms with Gasteiger partial charge in [-0.3, -0.25) is 0 Å². The topological polar surface area (TPSA) is 51.0 Å². The molecular formula is C11H19N3OS. The van der Waals surface area contributed by atoms with Crippen LogP contribution in [-0.2, 0) is 5.75 Å². The van der Waals surface area contributed by atoms with Gasteiger partial charge in [0.1, 0.15) is 0 Å². The molecule has 1 fully saturated rings. The highest BCUT2D eigenvalue weighted by Crippen LogP contribution is 2.33. The van der Waals surface area contributed by atoms with Crippen LogP contribution in [0.25, 0.3) is 0 Å². The molecule has 0 aromatic carbocycles. The smallest absolute Gasteiger partial charge is 0.231 e. The first-order chi connectivity index (χ1) is 7.85. The first-order valence-corrected chi connectivity index (χ1v) is 7.08. The summed E-state index contributed by atoms with van der Waals surface area (Å²) in [5.74, 6) is 4.02. The van der Waals surface area contributed by atoms with Crippen LogP contribution in [-0.4, -0.2) is 29.0 Å². The minimum Gasteiger partial charge on any atom is -0.339 e. The summed E-state index contributed by atoms with van der Waals surface area (Å²) in [4.78, 5) is 4.49. The monoisotopic (exact) mass is 241 g/mol. The van der Waals surface area contributed by atoms with Crippen molar-refractivity contribution in [1.82, 2.24) is 15.5 Å². The van der Waals surface area contributed by atoms with Gasteiger partial charge in [0.15, 0.2) is 5.82 Å². The van der Waals surface area contributed by atoms with E-state index >= 15 is 0 Å². The fourth-order valence-corrected chi connectivity index (χ4v) is 2.78. The third-order valence-corrected chi connectivity index (χ3v) is 3.99. The molecule has 1 aliphatic rings. The van der Waals surface area contributed by atoms with Gasteiger partial charge in [0.2, 0.25) is 5.89 Å². The minimum absolute atomic E-state index is 0.415. The van der Waals surface area contributed by atoms with Crippen molar-refractivity contribution < 1.29 is 4.52 Å². The second kappa shape index (κ2) is 5.68. The van der Waals surface area contributed by atoms with E-state index in [1.165, 1.54) is 12.8 Å². The molecule has 16 heavy (non-hydrogen) atoms. The van der Waals surface area contributed by atoms with Crippen LogP contribution in [0.5, 0.6) is 0 Å². The molecule has 90 valence electrons. The largest absolute Gasteiger partial charge is 0.339 e. The van der Waals surface area contributed by atoms with Crippen LogP contribution < -0.4 is 5.32 Å². The van der Waals surface area contributed by atoms with Gasteiger partial charge in [-0.15, -0.1) is 0 Å². The summed E-state index contributed by atoms with van der Waals surface area (Å²) in [6.45, 7) is 2.14. The van der Waals surface area contributed by atoms with Gasteiger partial charge in [0.05, 0.1) is 11.7 Å². The molecule has 4 nitrogen and oxygen atoms in total. The Balaban J connectivity index is 2.00. The SMILES string of the molecule is CCSCc1noc(C2CCCC2NC)n1. The Morgan fingerprint density at radius 3 is 3.12 bits per heavy atom. The van der Waals surface area contributed by atoms with Gasteiger partial charge >= 0.3 is 0 Å². The van der Waals surface area contributed by atoms with Crippen molar-refractivity contribution in [2.45, 2.75) is 43.9 Å². The van der Waals surface area contributed by atoms with Crippen LogP contribution in [0.2, 0.25) is 0 Å². The van der Waals surface area contributed by atoms with Gasteiger partial charge in [-0.05, 0) is 25.6 Å². The maximum atomic E-state index is 5.36. The van der Waals surface area contributed by atoms with E-state index in [4.69, 9.17) is 4.52 Å². The van der Waals surface area contributed by atoms with E-state index in [0.717, 1.165) is 29.6 Å². The molecule has 1 N–H and O–H groups in total. The van der Waals surface area contributed by atoms with Gasteiger partial charge in [0, 0.05) is 6.04 Å². The molecule has 2 atom stereocenters. The van der Waals surface area contributed by atoms with E-state index in [1.54, 1.807) is 0 Å². The number of thioether (sulfide) groups is 1. The molecule has 1 saturated carbocycles. The van der Waals surface area contributed by atoms with Gasteiger partial charge in [-0.25, -0.2) is 0 Å². The molecule has 1 aliphatic carbocycles. The number of aromatic nitrogens is 2. The zero-order chi connectivity index (χ0) is 11.4. The predicted octanol–water partition coefficient (Wildman–Crippen LogP) is 2.18. The van der Waals surface area contributed by atoms with Crippen molar-refractivity contribution in [2.24, 2.45) is 0 Å². The van der Waals surface area contributed by atoms with Crippen LogP contribution in [0.4, 0.5) is 0 Å². The average molecular weight is 241 g/mol. The van der Waals surface area contributed by atoms with Crippen molar-refractivity contribution in [3.8, 4) is 0 Å². The van der Waals surface area contributed by atoms with E-state index in [0.29, 0.717) is 12.0 Å². The summed E-state index contributed by atoms with van der Waals surface area (Å²) in [5, 5.41) is 7.36. The van der Waals surface area contributed by atoms with Crippen molar-refractivity contribution in [3.63, 3.8) is 0 Å². The Bertz CT molecular complexity index is 329. The Labute approximate surface area is 101 Å². The second-order valence-electron chi connectivity index (χ2n) is 4.12. The molecule has 0 saturated heterocycles. The lowest BCUT2D eigenvalue weighted by Crippen LogP contribution is -2.27. The highest BCUT2D eigenvalue weighted by molar-refractivity contribution is 7.98. The van der Waals surface area contributed by atoms with Crippen LogP contribution in [0, 0.1) is 0 Å². The average Bonchev–Trinajstić information content (AvgIpc) is 2.94. The maximum Gasteiger partial charge on any atom is 0.231 e. The highest BCUT2D eigenvalue weighted by Gasteiger charge is 2.31. The summed E-state index contributed by atoms with van der Waals surface area (Å²) < 4.78 is 5.36. The maximum absolute atomic E-state index is 5.36. The van der Waals surface area contributed by atoms with E-state index in [-0.39, 0.29) is 0 Å². The van der Waals surface area contributed by atoms with Crippen LogP contribution in [0.1, 0.15) is 43.8 Å². The van der Waals surface area contributed by atoms with Gasteiger partial charge in [-0.1, -0.05) is 18.5 Å². The fourth-order valence-electron chi connectivity index (χ4n) is 2.27. The minimum atomic E-state index is 0.415. The Kier molecular flexibility index (Phi) is 4.23. The second-order valence-corrected chi connectivity index (χ2v) is 5.39. The first-order valence-electron chi connectivity index (χ1n) is 5.92. The molecule has 1 aromatic heterocycles. The molecule has 1 aromatic rings. The summed E-state index contributed by atoms with van der Waals surface area (Å²) >= 11 is 1.82.